The number of benzene rings is 1. The van der Waals surface area contributed by atoms with Gasteiger partial charge in [0.25, 0.3) is 10.1 Å². The molecule has 8 nitrogen and oxygen atoms in total. The number of hydrogen-bond acceptors (Lipinski definition) is 6. The molecule has 2 aromatic rings. The second kappa shape index (κ2) is 5.50. The van der Waals surface area contributed by atoms with Gasteiger partial charge in [-0.25, -0.2) is 4.79 Å². The van der Waals surface area contributed by atoms with Crippen molar-refractivity contribution in [3.8, 4) is 0 Å². The molecule has 0 aliphatic heterocycles. The fourth-order valence-electron chi connectivity index (χ4n) is 1.71. The minimum absolute atomic E-state index is 0.0511. The summed E-state index contributed by atoms with van der Waals surface area (Å²) in [4.78, 5) is 21.7. The Labute approximate surface area is 127 Å². The Bertz CT molecular complexity index is 853. The molecule has 0 aliphatic carbocycles. The number of aromatic amines is 1. The molecule has 1 heterocycles. The molecule has 2 rings (SSSR count). The molecule has 0 fully saturated rings. The molecule has 1 aromatic carbocycles. The van der Waals surface area contributed by atoms with Gasteiger partial charge in [0.15, 0.2) is 0 Å². The van der Waals surface area contributed by atoms with E-state index in [9.17, 15) is 17.8 Å². The molecule has 1 aromatic heterocycles. The number of rotatable bonds is 3. The fourth-order valence-corrected chi connectivity index (χ4v) is 2.36. The molecule has 0 bridgehead atoms. The van der Waals surface area contributed by atoms with E-state index in [1.807, 2.05) is 20.8 Å². The highest BCUT2D eigenvalue weighted by Crippen LogP contribution is 2.23. The van der Waals surface area contributed by atoms with E-state index >= 15 is 0 Å². The third-order valence-electron chi connectivity index (χ3n) is 2.77. The van der Waals surface area contributed by atoms with E-state index in [-0.39, 0.29) is 16.5 Å². The third-order valence-corrected chi connectivity index (χ3v) is 3.68. The molecule has 0 radical (unpaired) electrons. The fraction of sp³-hybridized carbons (Fsp3) is 0.308. The van der Waals surface area contributed by atoms with E-state index < -0.39 is 21.2 Å². The van der Waals surface area contributed by atoms with Crippen molar-refractivity contribution < 1.29 is 13.0 Å². The van der Waals surface area contributed by atoms with Gasteiger partial charge in [-0.05, 0) is 12.1 Å². The molecule has 9 heteroatoms. The first kappa shape index (κ1) is 16.1. The third kappa shape index (κ3) is 3.68. The molecule has 0 saturated heterocycles. The van der Waals surface area contributed by atoms with Crippen molar-refractivity contribution >= 4 is 21.8 Å². The Kier molecular flexibility index (Phi) is 4.03. The van der Waals surface area contributed by atoms with Crippen LogP contribution >= 0.6 is 0 Å². The van der Waals surface area contributed by atoms with Crippen LogP contribution in [0.5, 0.6) is 0 Å². The number of anilines is 2. The molecular weight excluding hydrogens is 308 g/mol. The number of nitrogens with zero attached hydrogens (tertiary/aromatic N) is 2. The summed E-state index contributed by atoms with van der Waals surface area (Å²) in [6.45, 7) is 5.59. The summed E-state index contributed by atoms with van der Waals surface area (Å²) < 4.78 is 31.9. The second-order valence-corrected chi connectivity index (χ2v) is 7.06. The van der Waals surface area contributed by atoms with Gasteiger partial charge in [-0.2, -0.15) is 18.4 Å². The lowest BCUT2D eigenvalue weighted by atomic mass is 9.96. The number of hydrogen-bond donors (Lipinski definition) is 3. The van der Waals surface area contributed by atoms with Crippen LogP contribution in [0.15, 0.2) is 34.0 Å². The highest BCUT2D eigenvalue weighted by molar-refractivity contribution is 7.86. The zero-order valence-electron chi connectivity index (χ0n) is 12.3. The number of para-hydroxylation sites is 1. The second-order valence-electron chi connectivity index (χ2n) is 5.67. The lowest BCUT2D eigenvalue weighted by Crippen LogP contribution is -2.25. The van der Waals surface area contributed by atoms with Gasteiger partial charge in [0.05, 0.1) is 5.69 Å². The van der Waals surface area contributed by atoms with E-state index in [2.05, 4.69) is 20.3 Å². The van der Waals surface area contributed by atoms with Crippen molar-refractivity contribution in [3.63, 3.8) is 0 Å². The standard InChI is InChI=1S/C13H16N4O4S/c1-13(2,3)10-15-11(17-12(18)16-10)14-8-6-4-5-7-9(8)22(19,20)21/h4-7H,1-3H3,(H,19,20,21)(H2,14,15,16,17,18). The van der Waals surface area contributed by atoms with Crippen LogP contribution in [0, 0.1) is 0 Å². The first-order valence-corrected chi connectivity index (χ1v) is 7.84. The minimum atomic E-state index is -4.41. The van der Waals surface area contributed by atoms with E-state index in [1.165, 1.54) is 18.2 Å². The summed E-state index contributed by atoms with van der Waals surface area (Å²) in [6, 6.07) is 5.71. The molecule has 22 heavy (non-hydrogen) atoms. The van der Waals surface area contributed by atoms with Crippen molar-refractivity contribution in [1.82, 2.24) is 15.0 Å². The predicted molar refractivity (Wildman–Crippen MR) is 80.9 cm³/mol. The minimum Gasteiger partial charge on any atom is -0.323 e. The van der Waals surface area contributed by atoms with Crippen molar-refractivity contribution in [2.45, 2.75) is 31.1 Å². The molecule has 0 unspecified atom stereocenters. The van der Waals surface area contributed by atoms with Gasteiger partial charge in [-0.3, -0.25) is 9.54 Å². The number of nitrogens with one attached hydrogen (secondary N) is 2. The topological polar surface area (TPSA) is 125 Å². The van der Waals surface area contributed by atoms with Gasteiger partial charge in [0.2, 0.25) is 5.95 Å². The van der Waals surface area contributed by atoms with Crippen LogP contribution in [0.2, 0.25) is 0 Å². The monoisotopic (exact) mass is 324 g/mol. The predicted octanol–water partition coefficient (Wildman–Crippen LogP) is 1.45. The maximum absolute atomic E-state index is 11.6. The van der Waals surface area contributed by atoms with Crippen LogP contribution in [0.4, 0.5) is 11.6 Å². The maximum atomic E-state index is 11.6. The summed E-state index contributed by atoms with van der Waals surface area (Å²) in [5, 5.41) is 2.65. The summed E-state index contributed by atoms with van der Waals surface area (Å²) in [6.07, 6.45) is 0. The van der Waals surface area contributed by atoms with Gasteiger partial charge < -0.3 is 5.32 Å². The van der Waals surface area contributed by atoms with Crippen molar-refractivity contribution in [2.24, 2.45) is 0 Å². The molecule has 0 amide bonds. The molecular formula is C13H16N4O4S. The Morgan fingerprint density at radius 2 is 1.82 bits per heavy atom. The Morgan fingerprint density at radius 1 is 1.18 bits per heavy atom. The average Bonchev–Trinajstić information content (AvgIpc) is 2.36. The quantitative estimate of drug-likeness (QED) is 0.730. The van der Waals surface area contributed by atoms with E-state index in [1.54, 1.807) is 6.07 Å². The molecule has 0 aliphatic rings. The van der Waals surface area contributed by atoms with E-state index in [0.717, 1.165) is 0 Å². The Balaban J connectivity index is 2.49. The summed E-state index contributed by atoms with van der Waals surface area (Å²) in [5.41, 5.74) is -0.941. The Hall–Kier alpha value is -2.26. The van der Waals surface area contributed by atoms with Crippen LogP contribution in [-0.4, -0.2) is 27.9 Å². The molecule has 0 atom stereocenters. The van der Waals surface area contributed by atoms with Gasteiger partial charge >= 0.3 is 5.69 Å². The smallest absolute Gasteiger partial charge is 0.323 e. The number of aromatic nitrogens is 3. The van der Waals surface area contributed by atoms with Crippen LogP contribution in [0.1, 0.15) is 26.6 Å². The zero-order chi connectivity index (χ0) is 16.5. The number of H-pyrrole nitrogens is 1. The van der Waals surface area contributed by atoms with E-state index in [4.69, 9.17) is 0 Å². The van der Waals surface area contributed by atoms with Gasteiger partial charge in [-0.15, -0.1) is 0 Å². The normalized spacial score (nSPS) is 12.2. The largest absolute Gasteiger partial charge is 0.349 e. The van der Waals surface area contributed by atoms with Crippen molar-refractivity contribution in [1.29, 1.82) is 0 Å². The first-order chi connectivity index (χ1) is 10.1. The van der Waals surface area contributed by atoms with Gasteiger partial charge in [-0.1, -0.05) is 32.9 Å². The SMILES string of the molecule is CC(C)(C)c1nc(Nc2ccccc2S(=O)(=O)O)nc(=O)[nH]1. The van der Waals surface area contributed by atoms with Gasteiger partial charge in [0.1, 0.15) is 10.7 Å². The molecule has 0 saturated carbocycles. The van der Waals surface area contributed by atoms with Crippen LogP contribution in [0.25, 0.3) is 0 Å². The molecule has 0 spiro atoms. The average molecular weight is 324 g/mol. The molecule has 3 N–H and O–H groups in total. The lowest BCUT2D eigenvalue weighted by Gasteiger charge is -2.17. The highest BCUT2D eigenvalue weighted by Gasteiger charge is 2.20. The summed E-state index contributed by atoms with van der Waals surface area (Å²) in [7, 11) is -4.41. The van der Waals surface area contributed by atoms with Crippen LogP contribution < -0.4 is 11.0 Å². The first-order valence-electron chi connectivity index (χ1n) is 6.40. The highest BCUT2D eigenvalue weighted by atomic mass is 32.2. The Morgan fingerprint density at radius 3 is 2.41 bits per heavy atom. The lowest BCUT2D eigenvalue weighted by molar-refractivity contribution is 0.483. The summed E-state index contributed by atoms with van der Waals surface area (Å²) >= 11 is 0. The zero-order valence-corrected chi connectivity index (χ0v) is 13.1. The summed E-state index contributed by atoms with van der Waals surface area (Å²) in [5.74, 6) is 0.351. The van der Waals surface area contributed by atoms with Crippen LogP contribution in [0.3, 0.4) is 0 Å². The maximum Gasteiger partial charge on any atom is 0.349 e. The van der Waals surface area contributed by atoms with Crippen molar-refractivity contribution in [3.05, 3.63) is 40.6 Å². The van der Waals surface area contributed by atoms with Crippen LogP contribution in [-0.2, 0) is 15.5 Å². The molecule has 118 valence electrons. The van der Waals surface area contributed by atoms with Crippen molar-refractivity contribution in [2.75, 3.05) is 5.32 Å². The van der Waals surface area contributed by atoms with Gasteiger partial charge in [0, 0.05) is 5.41 Å². The van der Waals surface area contributed by atoms with E-state index in [0.29, 0.717) is 5.82 Å².